The van der Waals surface area contributed by atoms with Gasteiger partial charge in [-0.25, -0.2) is 0 Å². The predicted octanol–water partition coefficient (Wildman–Crippen LogP) is 2.76. The Kier molecular flexibility index (Phi) is 8.43. The third kappa shape index (κ3) is 6.74. The van der Waals surface area contributed by atoms with Gasteiger partial charge < -0.3 is 19.9 Å². The maximum atomic E-state index is 13.0. The molecule has 1 atom stereocenters. The number of nitrogens with one attached hydrogen (secondary N) is 1. The molecule has 2 fully saturated rings. The summed E-state index contributed by atoms with van der Waals surface area (Å²) in [6.45, 7) is 7.79. The quantitative estimate of drug-likeness (QED) is 0.401. The molecule has 0 spiro atoms. The Morgan fingerprint density at radius 1 is 1.19 bits per heavy atom. The van der Waals surface area contributed by atoms with Gasteiger partial charge in [-0.15, -0.1) is 0 Å². The maximum absolute atomic E-state index is 13.0. The summed E-state index contributed by atoms with van der Waals surface area (Å²) in [5.41, 5.74) is 0.0655. The number of nitrogens with zero attached hydrogens (tertiary/aromatic N) is 4. The number of ether oxygens (including phenoxy) is 1. The number of aliphatic imine (C=N–C) groups is 1. The van der Waals surface area contributed by atoms with E-state index in [2.05, 4.69) is 20.1 Å². The van der Waals surface area contributed by atoms with Gasteiger partial charge in [0, 0.05) is 71.6 Å². The molecule has 0 bridgehead atoms. The number of anilines is 1. The van der Waals surface area contributed by atoms with E-state index in [4.69, 9.17) is 4.74 Å². The SMILES string of the molecule is CN=C(NCCCN1CCN(c2cccc(C(F)(F)F)c2)CC1)N1CCC(COC)C1. The topological polar surface area (TPSA) is 43.3 Å². The lowest BCUT2D eigenvalue weighted by Gasteiger charge is -2.36. The first kappa shape index (κ1) is 23.7. The lowest BCUT2D eigenvalue weighted by Crippen LogP contribution is -2.47. The van der Waals surface area contributed by atoms with Gasteiger partial charge in [0.05, 0.1) is 12.2 Å². The fraction of sp³-hybridized carbons (Fsp3) is 0.682. The van der Waals surface area contributed by atoms with Gasteiger partial charge in [-0.3, -0.25) is 9.89 Å². The van der Waals surface area contributed by atoms with Crippen LogP contribution in [0.4, 0.5) is 18.9 Å². The van der Waals surface area contributed by atoms with E-state index in [9.17, 15) is 13.2 Å². The van der Waals surface area contributed by atoms with E-state index in [1.54, 1.807) is 13.2 Å². The van der Waals surface area contributed by atoms with Crippen LogP contribution in [0.3, 0.4) is 0 Å². The third-order valence-electron chi connectivity index (χ3n) is 6.04. The lowest BCUT2D eigenvalue weighted by atomic mass is 10.1. The first-order chi connectivity index (χ1) is 14.9. The van der Waals surface area contributed by atoms with Crippen LogP contribution < -0.4 is 10.2 Å². The van der Waals surface area contributed by atoms with Gasteiger partial charge in [0.1, 0.15) is 0 Å². The van der Waals surface area contributed by atoms with Crippen molar-refractivity contribution in [1.82, 2.24) is 15.1 Å². The number of halogens is 3. The molecule has 3 rings (SSSR count). The molecule has 1 unspecified atom stereocenters. The summed E-state index contributed by atoms with van der Waals surface area (Å²) >= 11 is 0. The highest BCUT2D eigenvalue weighted by atomic mass is 19.4. The molecule has 0 amide bonds. The molecule has 2 aliphatic rings. The number of piperazine rings is 1. The van der Waals surface area contributed by atoms with Gasteiger partial charge in [0.15, 0.2) is 5.96 Å². The van der Waals surface area contributed by atoms with E-state index < -0.39 is 11.7 Å². The number of alkyl halides is 3. The highest BCUT2D eigenvalue weighted by Crippen LogP contribution is 2.31. The molecule has 1 aromatic carbocycles. The van der Waals surface area contributed by atoms with Crippen LogP contribution in [0.1, 0.15) is 18.4 Å². The van der Waals surface area contributed by atoms with Crippen molar-refractivity contribution in [1.29, 1.82) is 0 Å². The molecule has 31 heavy (non-hydrogen) atoms. The minimum Gasteiger partial charge on any atom is -0.384 e. The van der Waals surface area contributed by atoms with Gasteiger partial charge >= 0.3 is 6.18 Å². The van der Waals surface area contributed by atoms with Crippen molar-refractivity contribution in [3.8, 4) is 0 Å². The van der Waals surface area contributed by atoms with E-state index in [0.717, 1.165) is 83.8 Å². The zero-order chi connectivity index (χ0) is 22.3. The fourth-order valence-electron chi connectivity index (χ4n) is 4.34. The average molecular weight is 442 g/mol. The molecule has 2 saturated heterocycles. The van der Waals surface area contributed by atoms with E-state index in [1.165, 1.54) is 12.1 Å². The van der Waals surface area contributed by atoms with Gasteiger partial charge in [0.2, 0.25) is 0 Å². The molecular weight excluding hydrogens is 407 g/mol. The molecule has 0 radical (unpaired) electrons. The Morgan fingerprint density at radius 3 is 2.65 bits per heavy atom. The summed E-state index contributed by atoms with van der Waals surface area (Å²) in [6.07, 6.45) is -2.17. The number of rotatable bonds is 7. The van der Waals surface area contributed by atoms with E-state index >= 15 is 0 Å². The first-order valence-corrected chi connectivity index (χ1v) is 11.0. The number of guanidine groups is 1. The van der Waals surface area contributed by atoms with Crippen LogP contribution in [0.25, 0.3) is 0 Å². The molecule has 2 heterocycles. The van der Waals surface area contributed by atoms with Crippen molar-refractivity contribution in [2.24, 2.45) is 10.9 Å². The monoisotopic (exact) mass is 441 g/mol. The van der Waals surface area contributed by atoms with Crippen LogP contribution in [-0.4, -0.2) is 88.9 Å². The lowest BCUT2D eigenvalue weighted by molar-refractivity contribution is -0.137. The predicted molar refractivity (Wildman–Crippen MR) is 118 cm³/mol. The molecule has 0 aromatic heterocycles. The summed E-state index contributed by atoms with van der Waals surface area (Å²) in [5.74, 6) is 1.52. The zero-order valence-corrected chi connectivity index (χ0v) is 18.5. The van der Waals surface area contributed by atoms with Crippen molar-refractivity contribution in [2.45, 2.75) is 19.0 Å². The standard InChI is InChI=1S/C22H34F3N5O/c1-26-21(30-10-7-18(16-30)17-31-2)27-8-4-9-28-11-13-29(14-12-28)20-6-3-5-19(15-20)22(23,24)25/h3,5-6,15,18H,4,7-14,16-17H2,1-2H3,(H,26,27). The molecule has 6 nitrogen and oxygen atoms in total. The largest absolute Gasteiger partial charge is 0.416 e. The molecule has 1 aromatic rings. The second kappa shape index (κ2) is 11.0. The minimum atomic E-state index is -4.30. The zero-order valence-electron chi connectivity index (χ0n) is 18.5. The summed E-state index contributed by atoms with van der Waals surface area (Å²) in [6, 6.07) is 5.62. The summed E-state index contributed by atoms with van der Waals surface area (Å²) in [5, 5.41) is 3.46. The van der Waals surface area contributed by atoms with Crippen molar-refractivity contribution >= 4 is 11.6 Å². The normalized spacial score (nSPS) is 21.1. The van der Waals surface area contributed by atoms with E-state index in [-0.39, 0.29) is 0 Å². The highest BCUT2D eigenvalue weighted by molar-refractivity contribution is 5.80. The van der Waals surface area contributed by atoms with Crippen LogP contribution in [0, 0.1) is 5.92 Å². The Bertz CT molecular complexity index is 719. The van der Waals surface area contributed by atoms with Gasteiger partial charge in [-0.2, -0.15) is 13.2 Å². The number of hydrogen-bond acceptors (Lipinski definition) is 4. The van der Waals surface area contributed by atoms with Crippen molar-refractivity contribution in [3.63, 3.8) is 0 Å². The maximum Gasteiger partial charge on any atom is 0.416 e. The first-order valence-electron chi connectivity index (χ1n) is 11.0. The van der Waals surface area contributed by atoms with E-state index in [0.29, 0.717) is 11.6 Å². The Balaban J connectivity index is 1.36. The molecule has 174 valence electrons. The van der Waals surface area contributed by atoms with Gasteiger partial charge in [0.25, 0.3) is 0 Å². The second-order valence-electron chi connectivity index (χ2n) is 8.26. The number of hydrogen-bond donors (Lipinski definition) is 1. The number of benzene rings is 1. The molecular formula is C22H34F3N5O. The summed E-state index contributed by atoms with van der Waals surface area (Å²) < 4.78 is 44.1. The van der Waals surface area contributed by atoms with E-state index in [1.807, 2.05) is 11.9 Å². The van der Waals surface area contributed by atoms with Crippen LogP contribution in [0.2, 0.25) is 0 Å². The van der Waals surface area contributed by atoms with Crippen molar-refractivity contribution in [3.05, 3.63) is 29.8 Å². The fourth-order valence-corrected chi connectivity index (χ4v) is 4.34. The smallest absolute Gasteiger partial charge is 0.384 e. The third-order valence-corrected chi connectivity index (χ3v) is 6.04. The Labute approximate surface area is 183 Å². The molecule has 2 aliphatic heterocycles. The minimum absolute atomic E-state index is 0.566. The average Bonchev–Trinajstić information content (AvgIpc) is 3.22. The van der Waals surface area contributed by atoms with Crippen LogP contribution >= 0.6 is 0 Å². The van der Waals surface area contributed by atoms with Crippen LogP contribution in [0.5, 0.6) is 0 Å². The Morgan fingerprint density at radius 2 is 1.97 bits per heavy atom. The van der Waals surface area contributed by atoms with Crippen molar-refractivity contribution in [2.75, 3.05) is 78.0 Å². The molecule has 0 saturated carbocycles. The number of likely N-dealkylation sites (tertiary alicyclic amines) is 1. The highest BCUT2D eigenvalue weighted by Gasteiger charge is 2.31. The Hall–Kier alpha value is -2.00. The molecule has 0 aliphatic carbocycles. The van der Waals surface area contributed by atoms with Gasteiger partial charge in [-0.1, -0.05) is 6.07 Å². The second-order valence-corrected chi connectivity index (χ2v) is 8.26. The van der Waals surface area contributed by atoms with Crippen LogP contribution in [-0.2, 0) is 10.9 Å². The number of methoxy groups -OCH3 is 1. The molecule has 1 N–H and O–H groups in total. The molecule has 9 heteroatoms. The summed E-state index contributed by atoms with van der Waals surface area (Å²) in [7, 11) is 3.56. The van der Waals surface area contributed by atoms with Crippen molar-refractivity contribution < 1.29 is 17.9 Å². The summed E-state index contributed by atoms with van der Waals surface area (Å²) in [4.78, 5) is 11.1. The van der Waals surface area contributed by atoms with Crippen LogP contribution in [0.15, 0.2) is 29.3 Å². The van der Waals surface area contributed by atoms with Gasteiger partial charge in [-0.05, 0) is 37.6 Å².